The van der Waals surface area contributed by atoms with Gasteiger partial charge in [-0.15, -0.1) is 0 Å². The van der Waals surface area contributed by atoms with E-state index < -0.39 is 0 Å². The fraction of sp³-hybridized carbons (Fsp3) is 0.562. The van der Waals surface area contributed by atoms with Crippen LogP contribution in [0.3, 0.4) is 0 Å². The normalized spacial score (nSPS) is 34.4. The summed E-state index contributed by atoms with van der Waals surface area (Å²) >= 11 is 0. The molecule has 0 spiro atoms. The summed E-state index contributed by atoms with van der Waals surface area (Å²) in [4.78, 5) is 14.5. The molecule has 0 unspecified atom stereocenters. The molecule has 1 aromatic rings. The second-order valence-corrected chi connectivity index (χ2v) is 5.70. The van der Waals surface area contributed by atoms with Crippen LogP contribution in [0.15, 0.2) is 30.3 Å². The highest BCUT2D eigenvalue weighted by Crippen LogP contribution is 2.41. The summed E-state index contributed by atoms with van der Waals surface area (Å²) in [6, 6.07) is 10.3. The van der Waals surface area contributed by atoms with Crippen LogP contribution in [0.5, 0.6) is 0 Å². The Labute approximate surface area is 114 Å². The zero-order valence-corrected chi connectivity index (χ0v) is 11.6. The zero-order chi connectivity index (χ0) is 13.4. The van der Waals surface area contributed by atoms with Gasteiger partial charge in [0, 0.05) is 11.8 Å². The van der Waals surface area contributed by atoms with Crippen LogP contribution in [0.1, 0.15) is 38.3 Å². The minimum absolute atomic E-state index is 0.0149. The van der Waals surface area contributed by atoms with Crippen molar-refractivity contribution in [3.05, 3.63) is 35.9 Å². The summed E-state index contributed by atoms with van der Waals surface area (Å²) in [6.45, 7) is 4.86. The number of carbonyl (C=O) groups is 1. The summed E-state index contributed by atoms with van der Waals surface area (Å²) in [5.41, 5.74) is 1.18. The molecule has 102 valence electrons. The van der Waals surface area contributed by atoms with Crippen molar-refractivity contribution in [3.8, 4) is 0 Å². The van der Waals surface area contributed by atoms with Crippen molar-refractivity contribution in [2.45, 2.75) is 39.0 Å². The van der Waals surface area contributed by atoms with Crippen LogP contribution in [0.25, 0.3) is 0 Å². The molecule has 4 atom stereocenters. The Kier molecular flexibility index (Phi) is 3.31. The monoisotopic (exact) mass is 259 g/mol. The van der Waals surface area contributed by atoms with E-state index in [0.29, 0.717) is 12.5 Å². The number of hydrogen-bond donors (Lipinski definition) is 0. The van der Waals surface area contributed by atoms with Gasteiger partial charge in [-0.1, -0.05) is 44.2 Å². The SMILES string of the molecule is CC[C@H]1C[C@H](C)C(=O)N2[C@@H]1OC[C@H]2c1ccccc1. The Balaban J connectivity index is 1.91. The molecule has 0 N–H and O–H groups in total. The molecule has 0 saturated carbocycles. The van der Waals surface area contributed by atoms with Crippen molar-refractivity contribution < 1.29 is 9.53 Å². The quantitative estimate of drug-likeness (QED) is 0.817. The smallest absolute Gasteiger partial charge is 0.228 e. The zero-order valence-electron chi connectivity index (χ0n) is 11.6. The van der Waals surface area contributed by atoms with Gasteiger partial charge in [-0.2, -0.15) is 0 Å². The average Bonchev–Trinajstić information content (AvgIpc) is 2.89. The second-order valence-electron chi connectivity index (χ2n) is 5.70. The van der Waals surface area contributed by atoms with Crippen molar-refractivity contribution in [1.29, 1.82) is 0 Å². The van der Waals surface area contributed by atoms with Gasteiger partial charge in [0.05, 0.1) is 12.6 Å². The lowest BCUT2D eigenvalue weighted by atomic mass is 9.86. The molecule has 2 saturated heterocycles. The van der Waals surface area contributed by atoms with Gasteiger partial charge in [0.2, 0.25) is 5.91 Å². The first kappa shape index (κ1) is 12.7. The van der Waals surface area contributed by atoms with E-state index in [1.54, 1.807) is 0 Å². The van der Waals surface area contributed by atoms with Gasteiger partial charge in [0.15, 0.2) is 0 Å². The first-order valence-electron chi connectivity index (χ1n) is 7.21. The van der Waals surface area contributed by atoms with E-state index in [0.717, 1.165) is 12.8 Å². The molecule has 1 amide bonds. The minimum atomic E-state index is -0.0149. The second kappa shape index (κ2) is 4.97. The molecule has 2 heterocycles. The molecule has 0 radical (unpaired) electrons. The van der Waals surface area contributed by atoms with Crippen molar-refractivity contribution in [3.63, 3.8) is 0 Å². The highest BCUT2D eigenvalue weighted by Gasteiger charge is 2.47. The van der Waals surface area contributed by atoms with Crippen molar-refractivity contribution in [2.24, 2.45) is 11.8 Å². The number of carbonyl (C=O) groups excluding carboxylic acids is 1. The molecule has 2 fully saturated rings. The van der Waals surface area contributed by atoms with E-state index in [1.165, 1.54) is 5.56 Å². The number of fused-ring (bicyclic) bond motifs is 1. The van der Waals surface area contributed by atoms with Crippen molar-refractivity contribution in [1.82, 2.24) is 4.90 Å². The molecule has 3 rings (SSSR count). The third kappa shape index (κ3) is 2.06. The number of rotatable bonds is 2. The lowest BCUT2D eigenvalue weighted by molar-refractivity contribution is -0.153. The van der Waals surface area contributed by atoms with Crippen LogP contribution in [-0.4, -0.2) is 23.6 Å². The van der Waals surface area contributed by atoms with E-state index in [4.69, 9.17) is 4.74 Å². The Bertz CT molecular complexity index is 459. The molecule has 2 aliphatic rings. The summed E-state index contributed by atoms with van der Waals surface area (Å²) < 4.78 is 5.95. The van der Waals surface area contributed by atoms with E-state index in [2.05, 4.69) is 19.1 Å². The predicted molar refractivity (Wildman–Crippen MR) is 73.3 cm³/mol. The largest absolute Gasteiger partial charge is 0.355 e. The highest BCUT2D eigenvalue weighted by atomic mass is 16.5. The summed E-state index contributed by atoms with van der Waals surface area (Å²) in [7, 11) is 0. The minimum Gasteiger partial charge on any atom is -0.355 e. The van der Waals surface area contributed by atoms with Crippen LogP contribution in [0, 0.1) is 11.8 Å². The topological polar surface area (TPSA) is 29.5 Å². The van der Waals surface area contributed by atoms with Gasteiger partial charge in [0.25, 0.3) is 0 Å². The van der Waals surface area contributed by atoms with Crippen molar-refractivity contribution >= 4 is 5.91 Å². The highest BCUT2D eigenvalue weighted by molar-refractivity contribution is 5.80. The maximum atomic E-state index is 12.5. The van der Waals surface area contributed by atoms with Gasteiger partial charge in [-0.05, 0) is 18.4 Å². The maximum absolute atomic E-state index is 12.5. The molecular formula is C16H21NO2. The molecule has 0 aromatic heterocycles. The maximum Gasteiger partial charge on any atom is 0.228 e. The average molecular weight is 259 g/mol. The van der Waals surface area contributed by atoms with Crippen LogP contribution in [-0.2, 0) is 9.53 Å². The lowest BCUT2D eigenvalue weighted by Crippen LogP contribution is -2.49. The Morgan fingerprint density at radius 1 is 1.32 bits per heavy atom. The molecule has 0 aliphatic carbocycles. The van der Waals surface area contributed by atoms with Crippen molar-refractivity contribution in [2.75, 3.05) is 6.61 Å². The van der Waals surface area contributed by atoms with Gasteiger partial charge in [0.1, 0.15) is 6.23 Å². The number of piperidine rings is 1. The van der Waals surface area contributed by atoms with E-state index in [-0.39, 0.29) is 24.1 Å². The van der Waals surface area contributed by atoms with E-state index >= 15 is 0 Å². The van der Waals surface area contributed by atoms with Gasteiger partial charge in [-0.3, -0.25) is 4.79 Å². The lowest BCUT2D eigenvalue weighted by Gasteiger charge is -2.40. The number of benzene rings is 1. The molecule has 3 heteroatoms. The van der Waals surface area contributed by atoms with Crippen LogP contribution < -0.4 is 0 Å². The van der Waals surface area contributed by atoms with Crippen LogP contribution >= 0.6 is 0 Å². The number of hydrogen-bond acceptors (Lipinski definition) is 2. The summed E-state index contributed by atoms with van der Waals surface area (Å²) in [6.07, 6.45) is 2.01. The third-order valence-electron chi connectivity index (χ3n) is 4.48. The Morgan fingerprint density at radius 2 is 2.05 bits per heavy atom. The standard InChI is InChI=1S/C16H21NO2/c1-3-12-9-11(2)15(18)17-14(10-19-16(12)17)13-7-5-4-6-8-13/h4-8,11-12,14,16H,3,9-10H2,1-2H3/t11-,12-,14-,16+/m0/s1. The van der Waals surface area contributed by atoms with Crippen LogP contribution in [0.4, 0.5) is 0 Å². The third-order valence-corrected chi connectivity index (χ3v) is 4.48. The molecule has 19 heavy (non-hydrogen) atoms. The first-order chi connectivity index (χ1) is 9.22. The van der Waals surface area contributed by atoms with E-state index in [9.17, 15) is 4.79 Å². The van der Waals surface area contributed by atoms with Crippen LogP contribution in [0.2, 0.25) is 0 Å². The molecule has 2 aliphatic heterocycles. The number of ether oxygens (including phenoxy) is 1. The molecular weight excluding hydrogens is 238 g/mol. The Hall–Kier alpha value is -1.35. The molecule has 1 aromatic carbocycles. The van der Waals surface area contributed by atoms with E-state index in [1.807, 2.05) is 30.0 Å². The van der Waals surface area contributed by atoms with Gasteiger partial charge >= 0.3 is 0 Å². The fourth-order valence-corrected chi connectivity index (χ4v) is 3.40. The summed E-state index contributed by atoms with van der Waals surface area (Å²) in [5.74, 6) is 0.844. The Morgan fingerprint density at radius 3 is 2.74 bits per heavy atom. The number of nitrogens with zero attached hydrogens (tertiary/aromatic N) is 1. The molecule has 0 bridgehead atoms. The first-order valence-corrected chi connectivity index (χ1v) is 7.21. The number of amides is 1. The molecule has 3 nitrogen and oxygen atoms in total. The fourth-order valence-electron chi connectivity index (χ4n) is 3.40. The predicted octanol–water partition coefficient (Wildman–Crippen LogP) is 2.98. The summed E-state index contributed by atoms with van der Waals surface area (Å²) in [5, 5.41) is 0. The van der Waals surface area contributed by atoms with Gasteiger partial charge in [-0.25, -0.2) is 0 Å². The van der Waals surface area contributed by atoms with Gasteiger partial charge < -0.3 is 9.64 Å².